The molecule has 4 nitrogen and oxygen atoms in total. The van der Waals surface area contributed by atoms with Crippen LogP contribution >= 0.6 is 45.8 Å². The van der Waals surface area contributed by atoms with Crippen LogP contribution in [0.3, 0.4) is 0 Å². The van der Waals surface area contributed by atoms with E-state index in [-0.39, 0.29) is 5.56 Å². The monoisotopic (exact) mass is 549 g/mol. The number of halogens is 3. The molecule has 3 aromatic carbocycles. The summed E-state index contributed by atoms with van der Waals surface area (Å²) in [6.07, 6.45) is 1.75. The molecule has 0 unspecified atom stereocenters. The second kappa shape index (κ2) is 9.98. The molecule has 150 valence electrons. The number of carboxylic acid groups (broad SMARTS) is 1. The number of hydrogen-bond donors (Lipinski definition) is 1. The normalized spacial score (nSPS) is 11.1. The van der Waals surface area contributed by atoms with Gasteiger partial charge in [-0.05, 0) is 76.2 Å². The van der Waals surface area contributed by atoms with Crippen LogP contribution in [0, 0.1) is 14.9 Å². The van der Waals surface area contributed by atoms with E-state index < -0.39 is 5.97 Å². The summed E-state index contributed by atoms with van der Waals surface area (Å²) in [5, 5.41) is 19.6. The predicted octanol–water partition coefficient (Wildman–Crippen LogP) is 6.94. The Hall–Kier alpha value is -2.53. The van der Waals surface area contributed by atoms with E-state index in [1.807, 2.05) is 24.3 Å². The van der Waals surface area contributed by atoms with E-state index in [0.717, 1.165) is 14.7 Å². The highest BCUT2D eigenvalue weighted by Gasteiger charge is 2.08. The van der Waals surface area contributed by atoms with Gasteiger partial charge in [-0.3, -0.25) is 0 Å². The number of benzene rings is 3. The lowest BCUT2D eigenvalue weighted by molar-refractivity contribution is 0.0697. The van der Waals surface area contributed by atoms with Gasteiger partial charge in [0, 0.05) is 15.6 Å². The van der Waals surface area contributed by atoms with Crippen molar-refractivity contribution in [3.63, 3.8) is 0 Å². The van der Waals surface area contributed by atoms with Crippen LogP contribution < -0.4 is 4.74 Å². The third-order valence-electron chi connectivity index (χ3n) is 4.23. The lowest BCUT2D eigenvalue weighted by Gasteiger charge is -2.10. The van der Waals surface area contributed by atoms with Gasteiger partial charge < -0.3 is 9.84 Å². The van der Waals surface area contributed by atoms with Crippen molar-refractivity contribution in [3.8, 4) is 11.8 Å². The lowest BCUT2D eigenvalue weighted by Crippen LogP contribution is -1.98. The number of ether oxygens (including phenoxy) is 1. The second-order valence-corrected chi connectivity index (χ2v) is 8.27. The smallest absolute Gasteiger partial charge is 0.335 e. The quantitative estimate of drug-likeness (QED) is 0.205. The number of nitriles is 1. The zero-order chi connectivity index (χ0) is 21.7. The Labute approximate surface area is 197 Å². The maximum Gasteiger partial charge on any atom is 0.335 e. The zero-order valence-corrected chi connectivity index (χ0v) is 19.1. The summed E-state index contributed by atoms with van der Waals surface area (Å²) in [5.41, 5.74) is 2.92. The van der Waals surface area contributed by atoms with Gasteiger partial charge in [0.05, 0.1) is 20.8 Å². The molecule has 7 heteroatoms. The molecule has 1 N–H and O–H groups in total. The van der Waals surface area contributed by atoms with Crippen LogP contribution in [0.5, 0.6) is 5.75 Å². The Bertz CT molecular complexity index is 1170. The predicted molar refractivity (Wildman–Crippen MR) is 127 cm³/mol. The molecule has 0 atom stereocenters. The average Bonchev–Trinajstić information content (AvgIpc) is 2.72. The SMILES string of the molecule is N#C/C(=C/c1ccc(OCc2ccc(Cl)cc2Cl)c(I)c1)c1ccc(C(=O)O)cc1. The maximum absolute atomic E-state index is 11.0. The van der Waals surface area contributed by atoms with Gasteiger partial charge in [0.2, 0.25) is 0 Å². The van der Waals surface area contributed by atoms with E-state index in [1.165, 1.54) is 12.1 Å². The third-order valence-corrected chi connectivity index (χ3v) is 5.66. The van der Waals surface area contributed by atoms with Crippen molar-refractivity contribution in [2.75, 3.05) is 0 Å². The molecule has 3 rings (SSSR count). The fourth-order valence-electron chi connectivity index (χ4n) is 2.66. The Balaban J connectivity index is 1.77. The first-order valence-electron chi connectivity index (χ1n) is 8.69. The highest BCUT2D eigenvalue weighted by molar-refractivity contribution is 14.1. The first-order valence-corrected chi connectivity index (χ1v) is 10.5. The van der Waals surface area contributed by atoms with E-state index in [0.29, 0.717) is 33.5 Å². The van der Waals surface area contributed by atoms with Crippen LogP contribution in [0.2, 0.25) is 10.0 Å². The molecular formula is C23H14Cl2INO3. The summed E-state index contributed by atoms with van der Waals surface area (Å²) in [6, 6.07) is 19.2. The minimum atomic E-state index is -1.01. The Morgan fingerprint density at radius 3 is 2.37 bits per heavy atom. The standard InChI is InChI=1S/C23H14Cl2INO3/c24-19-7-6-17(20(25)11-19)13-30-22-8-1-14(10-21(22)26)9-18(12-27)15-2-4-16(5-3-15)23(28)29/h1-11H,13H2,(H,28,29)/b18-9-. The summed E-state index contributed by atoms with van der Waals surface area (Å²) in [4.78, 5) is 11.0. The van der Waals surface area contributed by atoms with Gasteiger partial charge in [-0.1, -0.05) is 47.5 Å². The minimum Gasteiger partial charge on any atom is -0.488 e. The molecule has 0 aliphatic rings. The number of allylic oxidation sites excluding steroid dienone is 1. The summed E-state index contributed by atoms with van der Waals surface area (Å²) in [5.74, 6) is -0.308. The van der Waals surface area contributed by atoms with Crippen LogP contribution in [-0.2, 0) is 6.61 Å². The van der Waals surface area contributed by atoms with Gasteiger partial charge >= 0.3 is 5.97 Å². The summed E-state index contributed by atoms with van der Waals surface area (Å²) < 4.78 is 6.75. The third kappa shape index (κ3) is 5.54. The number of carboxylic acids is 1. The van der Waals surface area contributed by atoms with E-state index in [1.54, 1.807) is 30.3 Å². The molecule has 0 heterocycles. The molecule has 3 aromatic rings. The van der Waals surface area contributed by atoms with Gasteiger partial charge in [0.1, 0.15) is 12.4 Å². The summed E-state index contributed by atoms with van der Waals surface area (Å²) in [6.45, 7) is 0.306. The number of nitrogens with zero attached hydrogens (tertiary/aromatic N) is 1. The van der Waals surface area contributed by atoms with Crippen molar-refractivity contribution < 1.29 is 14.6 Å². The summed E-state index contributed by atoms with van der Waals surface area (Å²) >= 11 is 14.3. The molecule has 0 fully saturated rings. The molecule has 0 saturated carbocycles. The fourth-order valence-corrected chi connectivity index (χ4v) is 3.82. The Morgan fingerprint density at radius 1 is 1.07 bits per heavy atom. The van der Waals surface area contributed by atoms with Crippen molar-refractivity contribution >= 4 is 63.4 Å². The molecule has 30 heavy (non-hydrogen) atoms. The van der Waals surface area contributed by atoms with Gasteiger partial charge in [0.25, 0.3) is 0 Å². The number of rotatable bonds is 6. The van der Waals surface area contributed by atoms with Gasteiger partial charge in [0.15, 0.2) is 0 Å². The maximum atomic E-state index is 11.0. The van der Waals surface area contributed by atoms with Gasteiger partial charge in [-0.2, -0.15) is 5.26 Å². The molecule has 0 amide bonds. The molecule has 0 bridgehead atoms. The summed E-state index contributed by atoms with van der Waals surface area (Å²) in [7, 11) is 0. The van der Waals surface area contributed by atoms with Crippen molar-refractivity contribution in [2.45, 2.75) is 6.61 Å². The second-order valence-electron chi connectivity index (χ2n) is 6.27. The largest absolute Gasteiger partial charge is 0.488 e. The van der Waals surface area contributed by atoms with Crippen molar-refractivity contribution in [2.24, 2.45) is 0 Å². The van der Waals surface area contributed by atoms with Crippen LogP contribution in [0.15, 0.2) is 60.7 Å². The molecule has 0 aliphatic heterocycles. The van der Waals surface area contributed by atoms with Gasteiger partial charge in [-0.15, -0.1) is 0 Å². The van der Waals surface area contributed by atoms with Gasteiger partial charge in [-0.25, -0.2) is 4.79 Å². The van der Waals surface area contributed by atoms with Crippen molar-refractivity contribution in [3.05, 3.63) is 96.5 Å². The van der Waals surface area contributed by atoms with E-state index >= 15 is 0 Å². The topological polar surface area (TPSA) is 70.3 Å². The molecule has 0 saturated heterocycles. The average molecular weight is 550 g/mol. The van der Waals surface area contributed by atoms with Crippen LogP contribution in [0.4, 0.5) is 0 Å². The first-order chi connectivity index (χ1) is 14.4. The zero-order valence-electron chi connectivity index (χ0n) is 15.4. The Morgan fingerprint density at radius 2 is 1.77 bits per heavy atom. The first kappa shape index (κ1) is 22.2. The molecule has 0 radical (unpaired) electrons. The fraction of sp³-hybridized carbons (Fsp3) is 0.0435. The van der Waals surface area contributed by atoms with Crippen LogP contribution in [0.25, 0.3) is 11.6 Å². The van der Waals surface area contributed by atoms with Crippen molar-refractivity contribution in [1.82, 2.24) is 0 Å². The number of aromatic carboxylic acids is 1. The molecule has 0 aliphatic carbocycles. The van der Waals surface area contributed by atoms with E-state index in [4.69, 9.17) is 33.0 Å². The van der Waals surface area contributed by atoms with E-state index in [2.05, 4.69) is 28.7 Å². The minimum absolute atomic E-state index is 0.174. The van der Waals surface area contributed by atoms with E-state index in [9.17, 15) is 10.1 Å². The van der Waals surface area contributed by atoms with Crippen molar-refractivity contribution in [1.29, 1.82) is 5.26 Å². The highest BCUT2D eigenvalue weighted by Crippen LogP contribution is 2.27. The molecule has 0 spiro atoms. The number of carbonyl (C=O) groups is 1. The molecule has 0 aromatic heterocycles. The Kier molecular flexibility index (Phi) is 7.38. The highest BCUT2D eigenvalue weighted by atomic mass is 127. The van der Waals surface area contributed by atoms with Crippen LogP contribution in [-0.4, -0.2) is 11.1 Å². The number of hydrogen-bond acceptors (Lipinski definition) is 3. The van der Waals surface area contributed by atoms with Crippen LogP contribution in [0.1, 0.15) is 27.0 Å². The molecular weight excluding hydrogens is 536 g/mol. The lowest BCUT2D eigenvalue weighted by atomic mass is 10.0.